The number of amides is 1. The van der Waals surface area contributed by atoms with Crippen LogP contribution in [0.2, 0.25) is 0 Å². The molecule has 0 N–H and O–H groups in total. The van der Waals surface area contributed by atoms with E-state index in [4.69, 9.17) is 4.74 Å². The van der Waals surface area contributed by atoms with Crippen molar-refractivity contribution >= 4 is 17.2 Å². The van der Waals surface area contributed by atoms with Crippen LogP contribution in [0, 0.1) is 5.82 Å². The van der Waals surface area contributed by atoms with E-state index in [2.05, 4.69) is 21.7 Å². The predicted molar refractivity (Wildman–Crippen MR) is 130 cm³/mol. The van der Waals surface area contributed by atoms with Gasteiger partial charge in [-0.3, -0.25) is 9.69 Å². The van der Waals surface area contributed by atoms with Crippen LogP contribution in [0.15, 0.2) is 65.4 Å². The van der Waals surface area contributed by atoms with Crippen LogP contribution in [-0.2, 0) is 0 Å². The van der Waals surface area contributed by atoms with Gasteiger partial charge >= 0.3 is 0 Å². The van der Waals surface area contributed by atoms with E-state index in [1.165, 1.54) is 11.6 Å². The number of nitrogens with zero attached hydrogens (tertiary/aromatic N) is 2. The highest BCUT2D eigenvalue weighted by atomic mass is 32.1. The minimum atomic E-state index is -0.293. The quantitative estimate of drug-likeness (QED) is 0.485. The average molecular weight is 465 g/mol. The van der Waals surface area contributed by atoms with E-state index in [9.17, 15) is 9.18 Å². The van der Waals surface area contributed by atoms with Crippen molar-refractivity contribution in [1.29, 1.82) is 0 Å². The zero-order valence-electron chi connectivity index (χ0n) is 18.7. The SMILES string of the molecule is O=C(c1ccc(-c2ccsc2)cc1)N1CCC(N2CCC(Oc3ccccc3F)CC2)CC1. The molecule has 0 radical (unpaired) electrons. The van der Waals surface area contributed by atoms with Crippen LogP contribution >= 0.6 is 11.3 Å². The van der Waals surface area contributed by atoms with E-state index in [1.54, 1.807) is 29.5 Å². The molecule has 0 spiro atoms. The number of carbonyl (C=O) groups is 1. The van der Waals surface area contributed by atoms with Crippen molar-refractivity contribution < 1.29 is 13.9 Å². The van der Waals surface area contributed by atoms with Gasteiger partial charge in [-0.15, -0.1) is 0 Å². The molecule has 2 saturated heterocycles. The van der Waals surface area contributed by atoms with Crippen molar-refractivity contribution in [3.8, 4) is 16.9 Å². The van der Waals surface area contributed by atoms with Crippen LogP contribution < -0.4 is 4.74 Å². The molecule has 1 aromatic heterocycles. The lowest BCUT2D eigenvalue weighted by atomic mass is 9.98. The lowest BCUT2D eigenvalue weighted by molar-refractivity contribution is 0.0416. The zero-order chi connectivity index (χ0) is 22.6. The number of para-hydroxylation sites is 1. The molecule has 2 aliphatic heterocycles. The number of halogens is 1. The van der Waals surface area contributed by atoms with Gasteiger partial charge in [0, 0.05) is 37.8 Å². The van der Waals surface area contributed by atoms with Gasteiger partial charge in [-0.25, -0.2) is 4.39 Å². The standard InChI is InChI=1S/C27H29FN2O2S/c28-25-3-1-2-4-26(25)32-24-11-16-29(17-12-24)23-9-14-30(15-10-23)27(31)21-7-5-20(6-8-21)22-13-18-33-19-22/h1-8,13,18-19,23-24H,9-12,14-17H2. The minimum Gasteiger partial charge on any atom is -0.487 e. The number of rotatable bonds is 5. The molecule has 0 unspecified atom stereocenters. The maximum atomic E-state index is 13.9. The maximum Gasteiger partial charge on any atom is 0.253 e. The molecule has 0 atom stereocenters. The van der Waals surface area contributed by atoms with Crippen molar-refractivity contribution in [2.24, 2.45) is 0 Å². The first-order chi connectivity index (χ1) is 16.2. The fourth-order valence-electron chi connectivity index (χ4n) is 4.93. The van der Waals surface area contributed by atoms with Crippen molar-refractivity contribution in [2.75, 3.05) is 26.2 Å². The molecule has 0 aliphatic carbocycles. The van der Waals surface area contributed by atoms with Gasteiger partial charge in [0.25, 0.3) is 5.91 Å². The Hall–Kier alpha value is -2.70. The van der Waals surface area contributed by atoms with Crippen LogP contribution in [-0.4, -0.2) is 54.0 Å². The van der Waals surface area contributed by atoms with E-state index >= 15 is 0 Å². The number of hydrogen-bond acceptors (Lipinski definition) is 4. The minimum absolute atomic E-state index is 0.0665. The smallest absolute Gasteiger partial charge is 0.253 e. The van der Waals surface area contributed by atoms with Crippen molar-refractivity contribution in [1.82, 2.24) is 9.80 Å². The predicted octanol–water partition coefficient (Wildman–Crippen LogP) is 5.70. The van der Waals surface area contributed by atoms with E-state index in [1.807, 2.05) is 29.2 Å². The highest BCUT2D eigenvalue weighted by Crippen LogP contribution is 2.26. The second kappa shape index (κ2) is 10.1. The third-order valence-electron chi connectivity index (χ3n) is 6.86. The first kappa shape index (κ1) is 22.1. The molecule has 0 saturated carbocycles. The van der Waals surface area contributed by atoms with Crippen LogP contribution in [0.25, 0.3) is 11.1 Å². The molecule has 0 bridgehead atoms. The van der Waals surface area contributed by atoms with Gasteiger partial charge in [0.2, 0.25) is 0 Å². The average Bonchev–Trinajstić information content (AvgIpc) is 3.41. The number of carbonyl (C=O) groups excluding carboxylic acids is 1. The van der Waals surface area contributed by atoms with Crippen molar-refractivity contribution in [3.63, 3.8) is 0 Å². The Bertz CT molecular complexity index is 1050. The molecule has 33 heavy (non-hydrogen) atoms. The van der Waals surface area contributed by atoms with Crippen LogP contribution in [0.3, 0.4) is 0 Å². The van der Waals surface area contributed by atoms with Crippen molar-refractivity contribution in [3.05, 3.63) is 76.7 Å². The summed E-state index contributed by atoms with van der Waals surface area (Å²) in [5.74, 6) is 0.187. The summed E-state index contributed by atoms with van der Waals surface area (Å²) >= 11 is 1.68. The first-order valence-corrected chi connectivity index (χ1v) is 12.7. The fourth-order valence-corrected chi connectivity index (χ4v) is 5.59. The van der Waals surface area contributed by atoms with Gasteiger partial charge < -0.3 is 9.64 Å². The number of piperidine rings is 2. The number of thiophene rings is 1. The summed E-state index contributed by atoms with van der Waals surface area (Å²) in [7, 11) is 0. The Morgan fingerprint density at radius 3 is 2.27 bits per heavy atom. The van der Waals surface area contributed by atoms with Gasteiger partial charge in [-0.1, -0.05) is 24.3 Å². The molecule has 2 fully saturated rings. The topological polar surface area (TPSA) is 32.8 Å². The van der Waals surface area contributed by atoms with Crippen LogP contribution in [0.1, 0.15) is 36.0 Å². The summed E-state index contributed by atoms with van der Waals surface area (Å²) in [4.78, 5) is 17.5. The number of likely N-dealkylation sites (tertiary alicyclic amines) is 2. The molecule has 6 heteroatoms. The van der Waals surface area contributed by atoms with Gasteiger partial charge in [0.15, 0.2) is 11.6 Å². The number of benzene rings is 2. The molecule has 172 valence electrons. The molecule has 2 aromatic carbocycles. The van der Waals surface area contributed by atoms with Crippen molar-refractivity contribution in [2.45, 2.75) is 37.8 Å². The van der Waals surface area contributed by atoms with E-state index in [0.717, 1.165) is 63.0 Å². The third kappa shape index (κ3) is 5.12. The maximum absolute atomic E-state index is 13.9. The Kier molecular flexibility index (Phi) is 6.74. The zero-order valence-corrected chi connectivity index (χ0v) is 19.5. The van der Waals surface area contributed by atoms with Gasteiger partial charge in [-0.2, -0.15) is 11.3 Å². The summed E-state index contributed by atoms with van der Waals surface area (Å²) in [6, 6.07) is 17.2. The van der Waals surface area contributed by atoms with Gasteiger partial charge in [-0.05, 0) is 77.9 Å². The van der Waals surface area contributed by atoms with Gasteiger partial charge in [0.05, 0.1) is 0 Å². The molecule has 3 aromatic rings. The fraction of sp³-hybridized carbons (Fsp3) is 0.370. The summed E-state index contributed by atoms with van der Waals surface area (Å²) < 4.78 is 19.8. The summed E-state index contributed by atoms with van der Waals surface area (Å²) in [5.41, 5.74) is 3.11. The highest BCUT2D eigenvalue weighted by Gasteiger charge is 2.30. The second-order valence-electron chi connectivity index (χ2n) is 8.90. The molecule has 2 aliphatic rings. The van der Waals surface area contributed by atoms with Crippen LogP contribution in [0.4, 0.5) is 4.39 Å². The monoisotopic (exact) mass is 464 g/mol. The van der Waals surface area contributed by atoms with E-state index in [-0.39, 0.29) is 17.8 Å². The molecule has 1 amide bonds. The number of ether oxygens (including phenoxy) is 1. The van der Waals surface area contributed by atoms with E-state index in [0.29, 0.717) is 11.8 Å². The first-order valence-electron chi connectivity index (χ1n) is 11.7. The Morgan fingerprint density at radius 2 is 1.61 bits per heavy atom. The lowest BCUT2D eigenvalue weighted by Gasteiger charge is -2.41. The van der Waals surface area contributed by atoms with Crippen LogP contribution in [0.5, 0.6) is 5.75 Å². The Balaban J connectivity index is 1.09. The largest absolute Gasteiger partial charge is 0.487 e. The lowest BCUT2D eigenvalue weighted by Crippen LogP contribution is -2.50. The second-order valence-corrected chi connectivity index (χ2v) is 9.68. The highest BCUT2D eigenvalue weighted by molar-refractivity contribution is 7.08. The molecule has 5 rings (SSSR count). The Morgan fingerprint density at radius 1 is 0.879 bits per heavy atom. The van der Waals surface area contributed by atoms with Gasteiger partial charge in [0.1, 0.15) is 6.10 Å². The molecular weight excluding hydrogens is 435 g/mol. The third-order valence-corrected chi connectivity index (χ3v) is 7.54. The summed E-state index contributed by atoms with van der Waals surface area (Å²) in [6.07, 6.45) is 3.88. The Labute approximate surface area is 198 Å². The summed E-state index contributed by atoms with van der Waals surface area (Å²) in [5, 5.41) is 4.19. The molecule has 3 heterocycles. The van der Waals surface area contributed by atoms with E-state index < -0.39 is 0 Å². The summed E-state index contributed by atoms with van der Waals surface area (Å²) in [6.45, 7) is 3.51. The number of hydrogen-bond donors (Lipinski definition) is 0. The molecular formula is C27H29FN2O2S. The normalized spacial score (nSPS) is 18.4. The molecule has 4 nitrogen and oxygen atoms in total.